The third kappa shape index (κ3) is 3.77. The molecule has 0 fully saturated rings. The monoisotopic (exact) mass is 445 g/mol. The van der Waals surface area contributed by atoms with E-state index in [0.717, 1.165) is 8.95 Å². The number of rotatable bonds is 3. The number of esters is 2. The quantitative estimate of drug-likeness (QED) is 0.698. The van der Waals surface area contributed by atoms with Crippen molar-refractivity contribution in [3.05, 3.63) is 38.9 Å². The third-order valence-electron chi connectivity index (χ3n) is 3.34. The molecule has 1 unspecified atom stereocenters. The first-order valence-electron chi connectivity index (χ1n) is 6.92. The summed E-state index contributed by atoms with van der Waals surface area (Å²) < 4.78 is 12.4. The smallest absolute Gasteiger partial charge is 0.358 e. The van der Waals surface area contributed by atoms with E-state index in [9.17, 15) is 9.59 Å². The van der Waals surface area contributed by atoms with Crippen molar-refractivity contribution in [2.24, 2.45) is 5.41 Å². The van der Waals surface area contributed by atoms with Gasteiger partial charge in [-0.2, -0.15) is 0 Å². The van der Waals surface area contributed by atoms with Crippen molar-refractivity contribution >= 4 is 49.5 Å². The van der Waals surface area contributed by atoms with Crippen LogP contribution in [0.2, 0.25) is 0 Å². The summed E-state index contributed by atoms with van der Waals surface area (Å²) in [7, 11) is 0. The second-order valence-electron chi connectivity index (χ2n) is 6.21. The first kappa shape index (κ1) is 18.0. The van der Waals surface area contributed by atoms with Crippen LogP contribution in [-0.4, -0.2) is 17.7 Å². The minimum atomic E-state index is -1.43. The highest BCUT2D eigenvalue weighted by atomic mass is 79.9. The minimum absolute atomic E-state index is 0.226. The lowest BCUT2D eigenvalue weighted by Gasteiger charge is -2.36. The van der Waals surface area contributed by atoms with Gasteiger partial charge < -0.3 is 14.8 Å². The van der Waals surface area contributed by atoms with Crippen LogP contribution >= 0.6 is 31.9 Å². The molecule has 0 spiro atoms. The van der Waals surface area contributed by atoms with E-state index in [1.807, 2.05) is 39.0 Å². The third-order valence-corrected chi connectivity index (χ3v) is 4.49. The molecule has 0 aromatic heterocycles. The van der Waals surface area contributed by atoms with E-state index in [1.165, 1.54) is 13.0 Å². The average Bonchev–Trinajstić information content (AvgIpc) is 2.69. The zero-order valence-electron chi connectivity index (χ0n) is 13.2. The van der Waals surface area contributed by atoms with Crippen molar-refractivity contribution in [1.82, 2.24) is 0 Å². The van der Waals surface area contributed by atoms with Crippen molar-refractivity contribution < 1.29 is 19.1 Å². The van der Waals surface area contributed by atoms with Gasteiger partial charge in [-0.3, -0.25) is 4.79 Å². The molecule has 1 heterocycles. The number of hydrogen-bond donors (Lipinski definition) is 1. The first-order chi connectivity index (χ1) is 10.5. The molecule has 1 atom stereocenters. The summed E-state index contributed by atoms with van der Waals surface area (Å²) in [5, 5.41) is 3.01. The number of halogens is 2. The predicted octanol–water partition coefficient (Wildman–Crippen LogP) is 4.37. The number of cyclic esters (lactones) is 1. The van der Waals surface area contributed by atoms with Gasteiger partial charge in [0.25, 0.3) is 5.79 Å². The van der Waals surface area contributed by atoms with Crippen LogP contribution < -0.4 is 5.32 Å². The lowest BCUT2D eigenvalue weighted by Crippen LogP contribution is -2.46. The molecule has 23 heavy (non-hydrogen) atoms. The summed E-state index contributed by atoms with van der Waals surface area (Å²) >= 11 is 6.80. The Labute approximate surface area is 151 Å². The molecule has 124 valence electrons. The molecule has 1 aliphatic rings. The zero-order chi connectivity index (χ0) is 17.4. The topological polar surface area (TPSA) is 64.6 Å². The van der Waals surface area contributed by atoms with E-state index >= 15 is 0 Å². The Morgan fingerprint density at radius 1 is 1.30 bits per heavy atom. The molecular weight excluding hydrogens is 430 g/mol. The number of anilines is 1. The molecule has 1 aliphatic heterocycles. The summed E-state index contributed by atoms with van der Waals surface area (Å²) in [5.74, 6) is -2.52. The molecule has 1 N–H and O–H groups in total. The standard InChI is InChI=1S/C16H17Br2NO4/c1-9(20)22-16(15(2,3)4)8-13(14(21)23-16)19-12-6-5-10(17)7-11(12)18/h5-8,19H,1-4H3. The molecule has 2 rings (SSSR count). The van der Waals surface area contributed by atoms with Gasteiger partial charge in [0.05, 0.1) is 5.69 Å². The SMILES string of the molecule is CC(=O)OC1(C(C)(C)C)C=C(Nc2ccc(Br)cc2Br)C(=O)O1. The van der Waals surface area contributed by atoms with Crippen LogP contribution in [0.3, 0.4) is 0 Å². The molecule has 0 radical (unpaired) electrons. The number of carbonyl (C=O) groups excluding carboxylic acids is 2. The molecule has 0 aliphatic carbocycles. The van der Waals surface area contributed by atoms with Crippen LogP contribution in [0.15, 0.2) is 38.9 Å². The van der Waals surface area contributed by atoms with Crippen LogP contribution in [0.4, 0.5) is 5.69 Å². The number of hydrogen-bond acceptors (Lipinski definition) is 5. The van der Waals surface area contributed by atoms with Crippen LogP contribution in [0.5, 0.6) is 0 Å². The molecule has 0 saturated carbocycles. The van der Waals surface area contributed by atoms with Crippen molar-refractivity contribution in [3.63, 3.8) is 0 Å². The molecule has 0 amide bonds. The fourth-order valence-corrected chi connectivity index (χ4v) is 3.23. The van der Waals surface area contributed by atoms with Crippen LogP contribution in [-0.2, 0) is 19.1 Å². The largest absolute Gasteiger partial charge is 0.418 e. The maximum atomic E-state index is 12.2. The molecule has 0 bridgehead atoms. The Kier molecular flexibility index (Phi) is 4.92. The van der Waals surface area contributed by atoms with Crippen molar-refractivity contribution in [1.29, 1.82) is 0 Å². The van der Waals surface area contributed by atoms with Gasteiger partial charge in [-0.25, -0.2) is 4.79 Å². The van der Waals surface area contributed by atoms with Crippen molar-refractivity contribution in [2.75, 3.05) is 5.32 Å². The maximum absolute atomic E-state index is 12.2. The molecule has 1 aromatic carbocycles. The van der Waals surface area contributed by atoms with E-state index in [2.05, 4.69) is 37.2 Å². The highest BCUT2D eigenvalue weighted by Crippen LogP contribution is 2.42. The summed E-state index contributed by atoms with van der Waals surface area (Å²) in [6, 6.07) is 5.51. The minimum Gasteiger partial charge on any atom is -0.418 e. The lowest BCUT2D eigenvalue weighted by molar-refractivity contribution is -0.232. The highest BCUT2D eigenvalue weighted by molar-refractivity contribution is 9.11. The van der Waals surface area contributed by atoms with Gasteiger partial charge in [-0.05, 0) is 34.1 Å². The van der Waals surface area contributed by atoms with Gasteiger partial charge in [0.15, 0.2) is 0 Å². The number of nitrogens with one attached hydrogen (secondary N) is 1. The summed E-state index contributed by atoms with van der Waals surface area (Å²) in [4.78, 5) is 23.7. The number of ether oxygens (including phenoxy) is 2. The molecule has 1 aromatic rings. The molecular formula is C16H17Br2NO4. The number of carbonyl (C=O) groups is 2. The molecule has 0 saturated heterocycles. The Morgan fingerprint density at radius 2 is 1.96 bits per heavy atom. The Hall–Kier alpha value is -1.34. The van der Waals surface area contributed by atoms with Crippen LogP contribution in [0, 0.1) is 5.41 Å². The first-order valence-corrected chi connectivity index (χ1v) is 8.50. The summed E-state index contributed by atoms with van der Waals surface area (Å²) in [5.41, 5.74) is 0.308. The zero-order valence-corrected chi connectivity index (χ0v) is 16.4. The van der Waals surface area contributed by atoms with Crippen molar-refractivity contribution in [2.45, 2.75) is 33.5 Å². The van der Waals surface area contributed by atoms with Crippen molar-refractivity contribution in [3.8, 4) is 0 Å². The summed E-state index contributed by atoms with van der Waals surface area (Å²) in [6.07, 6.45) is 1.52. The van der Waals surface area contributed by atoms with E-state index in [4.69, 9.17) is 9.47 Å². The Bertz CT molecular complexity index is 694. The normalized spacial score (nSPS) is 20.8. The Morgan fingerprint density at radius 3 is 2.48 bits per heavy atom. The highest BCUT2D eigenvalue weighted by Gasteiger charge is 2.52. The van der Waals surface area contributed by atoms with E-state index in [-0.39, 0.29) is 5.70 Å². The van der Waals surface area contributed by atoms with E-state index < -0.39 is 23.1 Å². The van der Waals surface area contributed by atoms with Crippen LogP contribution in [0.1, 0.15) is 27.7 Å². The Balaban J connectivity index is 2.38. The molecule has 5 nitrogen and oxygen atoms in total. The number of benzene rings is 1. The predicted molar refractivity (Wildman–Crippen MR) is 93.6 cm³/mol. The van der Waals surface area contributed by atoms with E-state index in [0.29, 0.717) is 5.69 Å². The second-order valence-corrected chi connectivity index (χ2v) is 7.98. The summed E-state index contributed by atoms with van der Waals surface area (Å²) in [6.45, 7) is 6.78. The van der Waals surface area contributed by atoms with E-state index in [1.54, 1.807) is 0 Å². The molecule has 7 heteroatoms. The van der Waals surface area contributed by atoms with Gasteiger partial charge in [0.1, 0.15) is 5.70 Å². The second kappa shape index (κ2) is 6.28. The van der Waals surface area contributed by atoms with Crippen LogP contribution in [0.25, 0.3) is 0 Å². The van der Waals surface area contributed by atoms with Gasteiger partial charge in [0.2, 0.25) is 0 Å². The van der Waals surface area contributed by atoms with Gasteiger partial charge >= 0.3 is 11.9 Å². The average molecular weight is 447 g/mol. The van der Waals surface area contributed by atoms with Gasteiger partial charge in [0, 0.05) is 27.4 Å². The fourth-order valence-electron chi connectivity index (χ4n) is 2.08. The maximum Gasteiger partial charge on any atom is 0.358 e. The lowest BCUT2D eigenvalue weighted by atomic mass is 9.85. The van der Waals surface area contributed by atoms with Gasteiger partial charge in [-0.1, -0.05) is 36.7 Å². The van der Waals surface area contributed by atoms with Gasteiger partial charge in [-0.15, -0.1) is 0 Å². The fraction of sp³-hybridized carbons (Fsp3) is 0.375.